The second kappa shape index (κ2) is 8.34. The van der Waals surface area contributed by atoms with Crippen LogP contribution in [-0.2, 0) is 10.0 Å². The quantitative estimate of drug-likeness (QED) is 0.623. The van der Waals surface area contributed by atoms with E-state index in [0.29, 0.717) is 0 Å². The Bertz CT molecular complexity index is 288. The Hall–Kier alpha value is 0.220. The number of hydrogen-bond acceptors (Lipinski definition) is 4. The molecule has 102 valence electrons. The lowest BCUT2D eigenvalue weighted by atomic mass is 10.3. The van der Waals surface area contributed by atoms with Gasteiger partial charge >= 0.3 is 0 Å². The Morgan fingerprint density at radius 3 is 2.76 bits per heavy atom. The summed E-state index contributed by atoms with van der Waals surface area (Å²) in [6.07, 6.45) is 3.77. The summed E-state index contributed by atoms with van der Waals surface area (Å²) >= 11 is 1.82. The summed E-state index contributed by atoms with van der Waals surface area (Å²) in [6.45, 7) is 4.06. The van der Waals surface area contributed by atoms with E-state index < -0.39 is 10.0 Å². The highest BCUT2D eigenvalue weighted by molar-refractivity contribution is 7.99. The van der Waals surface area contributed by atoms with E-state index >= 15 is 0 Å². The van der Waals surface area contributed by atoms with Crippen molar-refractivity contribution < 1.29 is 8.42 Å². The van der Waals surface area contributed by atoms with E-state index in [1.54, 1.807) is 0 Å². The van der Waals surface area contributed by atoms with Gasteiger partial charge in [-0.3, -0.25) is 0 Å². The molecule has 4 nitrogen and oxygen atoms in total. The van der Waals surface area contributed by atoms with Gasteiger partial charge < -0.3 is 5.32 Å². The summed E-state index contributed by atoms with van der Waals surface area (Å²) in [7, 11) is -3.05. The van der Waals surface area contributed by atoms with Gasteiger partial charge in [0.05, 0.1) is 5.75 Å². The third kappa shape index (κ3) is 7.28. The first-order valence-electron chi connectivity index (χ1n) is 6.42. The first kappa shape index (κ1) is 15.3. The smallest absolute Gasteiger partial charge is 0.211 e. The molecule has 1 saturated heterocycles. The Kier molecular flexibility index (Phi) is 7.50. The first-order chi connectivity index (χ1) is 8.14. The van der Waals surface area contributed by atoms with Crippen molar-refractivity contribution in [3.63, 3.8) is 0 Å². The third-order valence-corrected chi connectivity index (χ3v) is 5.40. The van der Waals surface area contributed by atoms with Crippen LogP contribution in [0, 0.1) is 0 Å². The molecule has 2 N–H and O–H groups in total. The molecule has 1 aliphatic heterocycles. The Morgan fingerprint density at radius 2 is 2.12 bits per heavy atom. The van der Waals surface area contributed by atoms with Crippen molar-refractivity contribution in [1.82, 2.24) is 10.0 Å². The molecule has 1 aliphatic rings. The molecular weight excluding hydrogens is 256 g/mol. The molecule has 1 atom stereocenters. The average Bonchev–Trinajstić information content (AvgIpc) is 2.75. The summed E-state index contributed by atoms with van der Waals surface area (Å²) in [5.74, 6) is 2.27. The number of sulfonamides is 1. The molecule has 0 amide bonds. The highest BCUT2D eigenvalue weighted by atomic mass is 32.2. The van der Waals surface area contributed by atoms with Crippen LogP contribution in [0.1, 0.15) is 32.6 Å². The van der Waals surface area contributed by atoms with E-state index in [1.165, 1.54) is 0 Å². The van der Waals surface area contributed by atoms with E-state index in [4.69, 9.17) is 0 Å². The normalized spacial score (nSPS) is 20.9. The summed E-state index contributed by atoms with van der Waals surface area (Å²) in [4.78, 5) is 0. The SMILES string of the molecule is CCCNCCCCS(=O)(=O)NC1CCSC1. The van der Waals surface area contributed by atoms with Gasteiger partial charge in [-0.05, 0) is 44.5 Å². The second-order valence-corrected chi connectivity index (χ2v) is 7.48. The molecule has 0 aromatic rings. The molecule has 1 unspecified atom stereocenters. The fourth-order valence-corrected chi connectivity index (χ4v) is 4.45. The highest BCUT2D eigenvalue weighted by Gasteiger charge is 2.21. The molecule has 1 heterocycles. The first-order valence-corrected chi connectivity index (χ1v) is 9.23. The van der Waals surface area contributed by atoms with E-state index in [2.05, 4.69) is 17.0 Å². The number of nitrogens with one attached hydrogen (secondary N) is 2. The highest BCUT2D eigenvalue weighted by Crippen LogP contribution is 2.17. The molecule has 1 rings (SSSR count). The summed E-state index contributed by atoms with van der Waals surface area (Å²) < 4.78 is 26.3. The lowest BCUT2D eigenvalue weighted by Crippen LogP contribution is -2.36. The second-order valence-electron chi connectivity index (χ2n) is 4.45. The number of thioether (sulfide) groups is 1. The van der Waals surface area contributed by atoms with Crippen LogP contribution >= 0.6 is 11.8 Å². The summed E-state index contributed by atoms with van der Waals surface area (Å²) in [6, 6.07) is 0.170. The predicted octanol–water partition coefficient (Wildman–Crippen LogP) is 1.19. The van der Waals surface area contributed by atoms with Gasteiger partial charge in [0.15, 0.2) is 0 Å². The van der Waals surface area contributed by atoms with Crippen molar-refractivity contribution in [2.75, 3.05) is 30.3 Å². The van der Waals surface area contributed by atoms with Crippen LogP contribution in [0.3, 0.4) is 0 Å². The van der Waals surface area contributed by atoms with Crippen molar-refractivity contribution in [2.45, 2.75) is 38.6 Å². The monoisotopic (exact) mass is 280 g/mol. The third-order valence-electron chi connectivity index (χ3n) is 2.72. The average molecular weight is 280 g/mol. The van der Waals surface area contributed by atoms with E-state index in [1.807, 2.05) is 11.8 Å². The fraction of sp³-hybridized carbons (Fsp3) is 1.00. The van der Waals surface area contributed by atoms with Crippen molar-refractivity contribution in [2.24, 2.45) is 0 Å². The van der Waals surface area contributed by atoms with Crippen LogP contribution in [0.15, 0.2) is 0 Å². The van der Waals surface area contributed by atoms with Gasteiger partial charge in [0.2, 0.25) is 10.0 Å². The van der Waals surface area contributed by atoms with Crippen LogP contribution in [-0.4, -0.2) is 44.8 Å². The molecule has 1 fully saturated rings. The van der Waals surface area contributed by atoms with Gasteiger partial charge in [-0.25, -0.2) is 13.1 Å². The standard InChI is InChI=1S/C11H24N2O2S2/c1-2-6-12-7-3-4-9-17(14,15)13-11-5-8-16-10-11/h11-13H,2-10H2,1H3. The maximum atomic E-state index is 11.7. The minimum atomic E-state index is -3.05. The van der Waals surface area contributed by atoms with Gasteiger partial charge in [0.1, 0.15) is 0 Å². The van der Waals surface area contributed by atoms with E-state index in [9.17, 15) is 8.42 Å². The van der Waals surface area contributed by atoms with Gasteiger partial charge in [0.25, 0.3) is 0 Å². The van der Waals surface area contributed by atoms with Crippen LogP contribution in [0.4, 0.5) is 0 Å². The predicted molar refractivity (Wildman–Crippen MR) is 75.0 cm³/mol. The van der Waals surface area contributed by atoms with Crippen molar-refractivity contribution in [3.05, 3.63) is 0 Å². The molecular formula is C11H24N2O2S2. The van der Waals surface area contributed by atoms with Crippen LogP contribution < -0.4 is 10.0 Å². The maximum Gasteiger partial charge on any atom is 0.211 e. The molecule has 0 radical (unpaired) electrons. The fourth-order valence-electron chi connectivity index (χ4n) is 1.78. The molecule has 6 heteroatoms. The van der Waals surface area contributed by atoms with Crippen LogP contribution in [0.5, 0.6) is 0 Å². The van der Waals surface area contributed by atoms with E-state index in [-0.39, 0.29) is 11.8 Å². The zero-order chi connectivity index (χ0) is 12.6. The topological polar surface area (TPSA) is 58.2 Å². The molecule has 17 heavy (non-hydrogen) atoms. The molecule has 0 aromatic heterocycles. The Labute approximate surface area is 109 Å². The molecule has 0 aromatic carbocycles. The van der Waals surface area contributed by atoms with Crippen molar-refractivity contribution in [1.29, 1.82) is 0 Å². The zero-order valence-electron chi connectivity index (χ0n) is 10.6. The number of unbranched alkanes of at least 4 members (excludes halogenated alkanes) is 1. The van der Waals surface area contributed by atoms with Gasteiger partial charge in [-0.15, -0.1) is 0 Å². The molecule has 0 spiro atoms. The Balaban J connectivity index is 2.07. The summed E-state index contributed by atoms with van der Waals surface area (Å²) in [5.41, 5.74) is 0. The molecule has 0 bridgehead atoms. The summed E-state index contributed by atoms with van der Waals surface area (Å²) in [5, 5.41) is 3.28. The van der Waals surface area contributed by atoms with Crippen molar-refractivity contribution in [3.8, 4) is 0 Å². The number of hydrogen-bond donors (Lipinski definition) is 2. The minimum absolute atomic E-state index is 0.170. The van der Waals surface area contributed by atoms with Gasteiger partial charge in [0, 0.05) is 11.8 Å². The maximum absolute atomic E-state index is 11.7. The van der Waals surface area contributed by atoms with Crippen LogP contribution in [0.25, 0.3) is 0 Å². The minimum Gasteiger partial charge on any atom is -0.317 e. The zero-order valence-corrected chi connectivity index (χ0v) is 12.2. The largest absolute Gasteiger partial charge is 0.317 e. The molecule has 0 saturated carbocycles. The Morgan fingerprint density at radius 1 is 1.29 bits per heavy atom. The van der Waals surface area contributed by atoms with Crippen molar-refractivity contribution >= 4 is 21.8 Å². The lowest BCUT2D eigenvalue weighted by molar-refractivity contribution is 0.556. The van der Waals surface area contributed by atoms with Crippen LogP contribution in [0.2, 0.25) is 0 Å². The lowest BCUT2D eigenvalue weighted by Gasteiger charge is -2.11. The van der Waals surface area contributed by atoms with E-state index in [0.717, 1.165) is 50.3 Å². The molecule has 0 aliphatic carbocycles. The number of rotatable bonds is 9. The van der Waals surface area contributed by atoms with Gasteiger partial charge in [-0.2, -0.15) is 11.8 Å². The van der Waals surface area contributed by atoms with Gasteiger partial charge in [-0.1, -0.05) is 6.92 Å².